The van der Waals surface area contributed by atoms with Crippen molar-refractivity contribution in [2.75, 3.05) is 11.4 Å². The number of alkyl halides is 3. The summed E-state index contributed by atoms with van der Waals surface area (Å²) in [5.41, 5.74) is 8.01. The summed E-state index contributed by atoms with van der Waals surface area (Å²) in [6, 6.07) is 10.1. The maximum absolute atomic E-state index is 14.0. The van der Waals surface area contributed by atoms with Crippen LogP contribution < -0.4 is 21.6 Å². The van der Waals surface area contributed by atoms with Crippen molar-refractivity contribution >= 4 is 45.3 Å². The summed E-state index contributed by atoms with van der Waals surface area (Å²) in [5.74, 6) is -0.751. The number of carbonyl (C=O) groups excluding carboxylic acids is 3. The van der Waals surface area contributed by atoms with E-state index in [1.807, 2.05) is 23.0 Å². The van der Waals surface area contributed by atoms with Gasteiger partial charge in [0.05, 0.1) is 22.6 Å². The molecule has 0 radical (unpaired) electrons. The SMILES string of the molecule is Cn1c(=O)n(C2CCC(=O)NC2=O)c2cccc(C3CC4CCC(C3)N4CC3CCC(n4cc5cc(N6C(C(F)(F)F)=CC=CC6C(N)=O)ccc5n4)CC3)c21. The maximum atomic E-state index is 14.0. The van der Waals surface area contributed by atoms with Crippen LogP contribution in [0.1, 0.15) is 87.8 Å². The van der Waals surface area contributed by atoms with Gasteiger partial charge in [0.1, 0.15) is 17.8 Å². The molecule has 6 heterocycles. The monoisotopic (exact) mass is 770 g/mol. The molecule has 3 amide bonds. The van der Waals surface area contributed by atoms with Crippen LogP contribution in [-0.2, 0) is 21.4 Å². The van der Waals surface area contributed by atoms with Gasteiger partial charge in [-0.1, -0.05) is 24.3 Å². The predicted octanol–water partition coefficient (Wildman–Crippen LogP) is 5.49. The minimum atomic E-state index is -4.67. The highest BCUT2D eigenvalue weighted by Gasteiger charge is 2.44. The van der Waals surface area contributed by atoms with Gasteiger partial charge in [-0.25, -0.2) is 4.79 Å². The first-order chi connectivity index (χ1) is 26.9. The number of piperidine rings is 2. The van der Waals surface area contributed by atoms with Crippen molar-refractivity contribution < 1.29 is 27.6 Å². The van der Waals surface area contributed by atoms with E-state index in [9.17, 15) is 32.3 Å². The highest BCUT2D eigenvalue weighted by Crippen LogP contribution is 2.46. The second-order valence-corrected chi connectivity index (χ2v) is 16.3. The lowest BCUT2D eigenvalue weighted by Gasteiger charge is -2.42. The average molecular weight is 771 g/mol. The van der Waals surface area contributed by atoms with Crippen molar-refractivity contribution in [3.8, 4) is 0 Å². The van der Waals surface area contributed by atoms with Crippen molar-refractivity contribution in [2.24, 2.45) is 18.7 Å². The smallest absolute Gasteiger partial charge is 0.368 e. The number of halogens is 3. The molecule has 5 aliphatic rings. The van der Waals surface area contributed by atoms with Crippen LogP contribution in [0.4, 0.5) is 18.9 Å². The fraction of sp³-hybridized carbons (Fsp3) is 0.488. The molecule has 2 aromatic carbocycles. The molecule has 12 nitrogen and oxygen atoms in total. The van der Waals surface area contributed by atoms with E-state index in [-0.39, 0.29) is 29.7 Å². The van der Waals surface area contributed by atoms with Gasteiger partial charge in [-0.05, 0) is 106 Å². The topological polar surface area (TPSA) is 140 Å². The highest BCUT2D eigenvalue weighted by atomic mass is 19.4. The minimum absolute atomic E-state index is 0.186. The molecule has 4 atom stereocenters. The Hall–Kier alpha value is -5.18. The van der Waals surface area contributed by atoms with E-state index in [4.69, 9.17) is 10.8 Å². The Morgan fingerprint density at radius 3 is 2.39 bits per heavy atom. The fourth-order valence-corrected chi connectivity index (χ4v) is 10.4. The summed E-state index contributed by atoms with van der Waals surface area (Å²) >= 11 is 0. The van der Waals surface area contributed by atoms with E-state index in [0.717, 1.165) is 85.5 Å². The Bertz CT molecular complexity index is 2350. The standard InChI is InChI=1S/C41H45F3N8O4/c1-48-37-30(4-2-5-32(37)52(40(48)56)34-16-17-36(53)46-39(34)55)24-18-27-12-13-28(19-24)49(27)21-23-8-10-26(11-9-23)50-22-25-20-29(14-15-31(25)47-50)51-33(38(45)54)6-3-7-35(51)41(42,43)44/h2-7,14-15,20,22-24,26-28,33-34H,8-13,16-19,21H2,1H3,(H2,45,54)(H,46,53,55). The first-order valence-electron chi connectivity index (χ1n) is 19.7. The number of nitrogens with one attached hydrogen (secondary N) is 1. The number of para-hydroxylation sites is 1. The van der Waals surface area contributed by atoms with Crippen molar-refractivity contribution in [3.05, 3.63) is 82.6 Å². The summed E-state index contributed by atoms with van der Waals surface area (Å²) in [5, 5.41) is 7.91. The zero-order valence-corrected chi connectivity index (χ0v) is 31.1. The predicted molar refractivity (Wildman–Crippen MR) is 204 cm³/mol. The number of imidazole rings is 1. The molecular weight excluding hydrogens is 725 g/mol. The number of allylic oxidation sites excluding steroid dienone is 3. The lowest BCUT2D eigenvalue weighted by molar-refractivity contribution is -0.135. The van der Waals surface area contributed by atoms with Crippen LogP contribution in [0.25, 0.3) is 21.9 Å². The van der Waals surface area contributed by atoms with E-state index in [1.54, 1.807) is 34.4 Å². The van der Waals surface area contributed by atoms with Crippen molar-refractivity contribution in [1.82, 2.24) is 29.1 Å². The minimum Gasteiger partial charge on any atom is -0.368 e. The number of imide groups is 1. The number of anilines is 1. The number of nitrogens with zero attached hydrogens (tertiary/aromatic N) is 6. The van der Waals surface area contributed by atoms with E-state index in [0.29, 0.717) is 41.2 Å². The van der Waals surface area contributed by atoms with Gasteiger partial charge < -0.3 is 10.6 Å². The Morgan fingerprint density at radius 1 is 0.964 bits per heavy atom. The highest BCUT2D eigenvalue weighted by molar-refractivity contribution is 6.00. The molecule has 4 aliphatic heterocycles. The second-order valence-electron chi connectivity index (χ2n) is 16.3. The molecule has 3 N–H and O–H groups in total. The molecule has 4 unspecified atom stereocenters. The zero-order valence-electron chi connectivity index (χ0n) is 31.1. The summed E-state index contributed by atoms with van der Waals surface area (Å²) in [7, 11) is 1.78. The fourth-order valence-electron chi connectivity index (χ4n) is 10.4. The van der Waals surface area contributed by atoms with Gasteiger partial charge in [-0.3, -0.25) is 38.4 Å². The number of hydrogen-bond donors (Lipinski definition) is 2. The van der Waals surface area contributed by atoms with Crippen LogP contribution in [0.3, 0.4) is 0 Å². The quantitative estimate of drug-likeness (QED) is 0.237. The molecule has 294 valence electrons. The van der Waals surface area contributed by atoms with Gasteiger partial charge in [0.2, 0.25) is 17.7 Å². The van der Waals surface area contributed by atoms with Crippen LogP contribution in [0.2, 0.25) is 0 Å². The summed E-state index contributed by atoms with van der Waals surface area (Å²) in [6.45, 7) is 1.05. The third-order valence-corrected chi connectivity index (χ3v) is 13.1. The van der Waals surface area contributed by atoms with Gasteiger partial charge >= 0.3 is 11.9 Å². The molecular formula is C41H45F3N8O4. The maximum Gasteiger partial charge on any atom is 0.431 e. The van der Waals surface area contributed by atoms with E-state index >= 15 is 0 Å². The Labute approximate surface area is 320 Å². The Kier molecular flexibility index (Phi) is 8.97. The molecule has 56 heavy (non-hydrogen) atoms. The molecule has 9 rings (SSSR count). The number of fused-ring (bicyclic) bond motifs is 4. The van der Waals surface area contributed by atoms with E-state index in [1.165, 1.54) is 12.2 Å². The number of aryl methyl sites for hydroxylation is 1. The van der Waals surface area contributed by atoms with Gasteiger partial charge in [0.15, 0.2) is 0 Å². The third kappa shape index (κ3) is 6.23. The van der Waals surface area contributed by atoms with Gasteiger partial charge in [0, 0.05) is 49.4 Å². The number of aromatic nitrogens is 4. The van der Waals surface area contributed by atoms with Crippen molar-refractivity contribution in [3.63, 3.8) is 0 Å². The van der Waals surface area contributed by atoms with Crippen LogP contribution in [-0.4, -0.2) is 72.4 Å². The lowest BCUT2D eigenvalue weighted by atomic mass is 9.82. The second kappa shape index (κ2) is 13.8. The van der Waals surface area contributed by atoms with E-state index < -0.39 is 35.8 Å². The zero-order chi connectivity index (χ0) is 39.0. The molecule has 4 aromatic rings. The number of rotatable bonds is 7. The molecule has 0 spiro atoms. The number of hydrogen-bond acceptors (Lipinski definition) is 7. The molecule has 2 aromatic heterocycles. The van der Waals surface area contributed by atoms with Gasteiger partial charge in [-0.2, -0.15) is 18.3 Å². The summed E-state index contributed by atoms with van der Waals surface area (Å²) < 4.78 is 47.2. The van der Waals surface area contributed by atoms with E-state index in [2.05, 4.69) is 16.3 Å². The largest absolute Gasteiger partial charge is 0.431 e. The normalized spacial score (nSPS) is 28.6. The number of carbonyl (C=O) groups is 3. The Morgan fingerprint density at radius 2 is 1.70 bits per heavy atom. The molecule has 4 fully saturated rings. The van der Waals surface area contributed by atoms with Gasteiger partial charge in [-0.15, -0.1) is 0 Å². The van der Waals surface area contributed by atoms with Crippen molar-refractivity contribution in [2.45, 2.75) is 107 Å². The van der Waals surface area contributed by atoms with Crippen LogP contribution in [0.15, 0.2) is 71.3 Å². The van der Waals surface area contributed by atoms with Gasteiger partial charge in [0.25, 0.3) is 0 Å². The molecule has 2 bridgehead atoms. The number of benzene rings is 2. The molecule has 1 aliphatic carbocycles. The van der Waals surface area contributed by atoms with Crippen LogP contribution >= 0.6 is 0 Å². The summed E-state index contributed by atoms with van der Waals surface area (Å²) in [4.78, 5) is 54.0. The third-order valence-electron chi connectivity index (χ3n) is 13.1. The molecule has 1 saturated carbocycles. The molecule has 3 saturated heterocycles. The Balaban J connectivity index is 0.862. The average Bonchev–Trinajstić information content (AvgIpc) is 3.78. The van der Waals surface area contributed by atoms with Crippen LogP contribution in [0, 0.1) is 5.92 Å². The summed E-state index contributed by atoms with van der Waals surface area (Å²) in [6.07, 6.45) is 9.64. The number of amides is 3. The number of nitrogens with two attached hydrogens (primary N) is 1. The molecule has 15 heteroatoms. The van der Waals surface area contributed by atoms with Crippen molar-refractivity contribution in [1.29, 1.82) is 0 Å². The number of primary amides is 1. The van der Waals surface area contributed by atoms with Crippen LogP contribution in [0.5, 0.6) is 0 Å². The first-order valence-corrected chi connectivity index (χ1v) is 19.7. The first kappa shape index (κ1) is 36.5. The lowest BCUT2D eigenvalue weighted by Crippen LogP contribution is -2.47.